The van der Waals surface area contributed by atoms with Crippen LogP contribution >= 0.6 is 11.6 Å². The first-order valence-corrected chi connectivity index (χ1v) is 8.27. The standard InChI is InChI=1S/C18H15ClF2N2O3/c19-15-7-6-12(9-14(15)17(25)22-11-4-5-11)23-16(24)10-2-1-3-13(8-10)26-18(20)21/h1-3,6-9,11,18H,4-5H2,(H,22,25)(H,23,24). The van der Waals surface area contributed by atoms with Gasteiger partial charge in [-0.05, 0) is 49.2 Å². The van der Waals surface area contributed by atoms with Crippen molar-refractivity contribution in [2.75, 3.05) is 5.32 Å². The highest BCUT2D eigenvalue weighted by Gasteiger charge is 2.25. The van der Waals surface area contributed by atoms with Crippen molar-refractivity contribution in [3.8, 4) is 5.75 Å². The molecule has 0 spiro atoms. The van der Waals surface area contributed by atoms with Gasteiger partial charge in [0.05, 0.1) is 10.6 Å². The number of carbonyl (C=O) groups is 2. The molecule has 0 atom stereocenters. The molecule has 0 heterocycles. The summed E-state index contributed by atoms with van der Waals surface area (Å²) in [6, 6.07) is 10.1. The number of hydrogen-bond acceptors (Lipinski definition) is 3. The number of hydrogen-bond donors (Lipinski definition) is 2. The molecule has 3 rings (SSSR count). The lowest BCUT2D eigenvalue weighted by Crippen LogP contribution is -2.25. The molecular formula is C18H15ClF2N2O3. The van der Waals surface area contributed by atoms with Crippen molar-refractivity contribution >= 4 is 29.1 Å². The number of anilines is 1. The topological polar surface area (TPSA) is 67.4 Å². The fourth-order valence-corrected chi connectivity index (χ4v) is 2.49. The molecule has 2 N–H and O–H groups in total. The molecule has 1 aliphatic rings. The molecule has 0 saturated heterocycles. The van der Waals surface area contributed by atoms with E-state index in [-0.39, 0.29) is 33.8 Å². The minimum Gasteiger partial charge on any atom is -0.435 e. The molecule has 1 aliphatic carbocycles. The molecule has 0 unspecified atom stereocenters. The monoisotopic (exact) mass is 380 g/mol. The van der Waals surface area contributed by atoms with Crippen molar-refractivity contribution in [1.82, 2.24) is 5.32 Å². The molecular weight excluding hydrogens is 366 g/mol. The summed E-state index contributed by atoms with van der Waals surface area (Å²) in [4.78, 5) is 24.5. The van der Waals surface area contributed by atoms with Crippen LogP contribution in [0.2, 0.25) is 5.02 Å². The van der Waals surface area contributed by atoms with E-state index < -0.39 is 12.5 Å². The first-order valence-electron chi connectivity index (χ1n) is 7.89. The van der Waals surface area contributed by atoms with Gasteiger partial charge in [-0.3, -0.25) is 9.59 Å². The smallest absolute Gasteiger partial charge is 0.387 e. The molecule has 1 fully saturated rings. The van der Waals surface area contributed by atoms with Crippen molar-refractivity contribution in [2.45, 2.75) is 25.5 Å². The molecule has 0 bridgehead atoms. The number of carbonyl (C=O) groups excluding carboxylic acids is 2. The Balaban J connectivity index is 1.73. The van der Waals surface area contributed by atoms with Crippen LogP contribution < -0.4 is 15.4 Å². The molecule has 2 amide bonds. The summed E-state index contributed by atoms with van der Waals surface area (Å²) in [6.45, 7) is -2.97. The zero-order valence-electron chi connectivity index (χ0n) is 13.5. The molecule has 2 aromatic rings. The molecule has 2 aromatic carbocycles. The quantitative estimate of drug-likeness (QED) is 0.793. The third-order valence-electron chi connectivity index (χ3n) is 3.70. The average molecular weight is 381 g/mol. The predicted octanol–water partition coefficient (Wildman–Crippen LogP) is 4.09. The van der Waals surface area contributed by atoms with Gasteiger partial charge in [-0.1, -0.05) is 17.7 Å². The number of ether oxygens (including phenoxy) is 1. The van der Waals surface area contributed by atoms with Gasteiger partial charge in [0, 0.05) is 17.3 Å². The van der Waals surface area contributed by atoms with E-state index in [1.165, 1.54) is 36.4 Å². The highest BCUT2D eigenvalue weighted by atomic mass is 35.5. The number of halogens is 3. The number of nitrogens with one attached hydrogen (secondary N) is 2. The third kappa shape index (κ3) is 4.70. The fraction of sp³-hybridized carbons (Fsp3) is 0.222. The molecule has 0 aromatic heterocycles. The molecule has 1 saturated carbocycles. The first kappa shape index (κ1) is 18.1. The average Bonchev–Trinajstić information content (AvgIpc) is 3.40. The summed E-state index contributed by atoms with van der Waals surface area (Å²) in [5.74, 6) is -0.949. The predicted molar refractivity (Wildman–Crippen MR) is 93.0 cm³/mol. The lowest BCUT2D eigenvalue weighted by molar-refractivity contribution is -0.0498. The van der Waals surface area contributed by atoms with Crippen LogP contribution in [0.5, 0.6) is 5.75 Å². The Hall–Kier alpha value is -2.67. The van der Waals surface area contributed by atoms with Crippen LogP contribution in [0, 0.1) is 0 Å². The second-order valence-corrected chi connectivity index (χ2v) is 6.21. The van der Waals surface area contributed by atoms with Crippen LogP contribution in [0.1, 0.15) is 33.6 Å². The molecule has 8 heteroatoms. The SMILES string of the molecule is O=C(Nc1ccc(Cl)c(C(=O)NC2CC2)c1)c1cccc(OC(F)F)c1. The van der Waals surface area contributed by atoms with E-state index in [0.717, 1.165) is 12.8 Å². The minimum atomic E-state index is -2.97. The van der Waals surface area contributed by atoms with E-state index in [1.807, 2.05) is 0 Å². The maximum atomic E-state index is 12.3. The summed E-state index contributed by atoms with van der Waals surface area (Å²) < 4.78 is 28.8. The Labute approximate surface area is 153 Å². The molecule has 136 valence electrons. The van der Waals surface area contributed by atoms with Crippen LogP contribution in [0.15, 0.2) is 42.5 Å². The normalized spacial score (nSPS) is 13.4. The second kappa shape index (κ2) is 7.70. The number of rotatable bonds is 6. The molecule has 0 aliphatic heterocycles. The summed E-state index contributed by atoms with van der Waals surface area (Å²) in [5.41, 5.74) is 0.758. The van der Waals surface area contributed by atoms with E-state index in [4.69, 9.17) is 11.6 Å². The minimum absolute atomic E-state index is 0.117. The van der Waals surface area contributed by atoms with Gasteiger partial charge in [0.2, 0.25) is 0 Å². The highest BCUT2D eigenvalue weighted by Crippen LogP contribution is 2.24. The number of benzene rings is 2. The van der Waals surface area contributed by atoms with Gasteiger partial charge < -0.3 is 15.4 Å². The van der Waals surface area contributed by atoms with Crippen LogP contribution in [-0.4, -0.2) is 24.5 Å². The lowest BCUT2D eigenvalue weighted by atomic mass is 10.1. The summed E-state index contributed by atoms with van der Waals surface area (Å²) >= 11 is 6.06. The Morgan fingerprint density at radius 2 is 1.88 bits per heavy atom. The molecule has 0 radical (unpaired) electrons. The van der Waals surface area contributed by atoms with Gasteiger partial charge in [0.1, 0.15) is 5.75 Å². The Morgan fingerprint density at radius 3 is 2.58 bits per heavy atom. The first-order chi connectivity index (χ1) is 12.4. The van der Waals surface area contributed by atoms with Gasteiger partial charge in [-0.25, -0.2) is 0 Å². The number of alkyl halides is 2. The van der Waals surface area contributed by atoms with Gasteiger partial charge in [-0.2, -0.15) is 8.78 Å². The van der Waals surface area contributed by atoms with Gasteiger partial charge in [-0.15, -0.1) is 0 Å². The summed E-state index contributed by atoms with van der Waals surface area (Å²) in [6.07, 6.45) is 1.88. The van der Waals surface area contributed by atoms with Gasteiger partial charge in [0.15, 0.2) is 0 Å². The molecule has 26 heavy (non-hydrogen) atoms. The van der Waals surface area contributed by atoms with E-state index in [0.29, 0.717) is 5.69 Å². The summed E-state index contributed by atoms with van der Waals surface area (Å²) in [7, 11) is 0. The maximum absolute atomic E-state index is 12.3. The van der Waals surface area contributed by atoms with Crippen molar-refractivity contribution in [2.24, 2.45) is 0 Å². The number of amides is 2. The lowest BCUT2D eigenvalue weighted by Gasteiger charge is -2.10. The van der Waals surface area contributed by atoms with E-state index in [1.54, 1.807) is 6.07 Å². The van der Waals surface area contributed by atoms with Crippen LogP contribution in [0.4, 0.5) is 14.5 Å². The Bertz CT molecular complexity index is 841. The molecule has 5 nitrogen and oxygen atoms in total. The maximum Gasteiger partial charge on any atom is 0.387 e. The largest absolute Gasteiger partial charge is 0.435 e. The van der Waals surface area contributed by atoms with Gasteiger partial charge in [0.25, 0.3) is 11.8 Å². The Morgan fingerprint density at radius 1 is 1.12 bits per heavy atom. The van der Waals surface area contributed by atoms with E-state index in [2.05, 4.69) is 15.4 Å². The van der Waals surface area contributed by atoms with Crippen molar-refractivity contribution in [3.63, 3.8) is 0 Å². The highest BCUT2D eigenvalue weighted by molar-refractivity contribution is 6.34. The fourth-order valence-electron chi connectivity index (χ4n) is 2.28. The van der Waals surface area contributed by atoms with Crippen molar-refractivity contribution in [1.29, 1.82) is 0 Å². The van der Waals surface area contributed by atoms with Crippen LogP contribution in [0.25, 0.3) is 0 Å². The Kier molecular flexibility index (Phi) is 5.37. The van der Waals surface area contributed by atoms with E-state index >= 15 is 0 Å². The van der Waals surface area contributed by atoms with Crippen molar-refractivity contribution in [3.05, 3.63) is 58.6 Å². The van der Waals surface area contributed by atoms with Crippen molar-refractivity contribution < 1.29 is 23.1 Å². The van der Waals surface area contributed by atoms with E-state index in [9.17, 15) is 18.4 Å². The summed E-state index contributed by atoms with van der Waals surface area (Å²) in [5, 5.41) is 5.71. The zero-order chi connectivity index (χ0) is 18.7. The zero-order valence-corrected chi connectivity index (χ0v) is 14.2. The van der Waals surface area contributed by atoms with Crippen LogP contribution in [0.3, 0.4) is 0 Å². The third-order valence-corrected chi connectivity index (χ3v) is 4.03. The van der Waals surface area contributed by atoms with Crippen LogP contribution in [-0.2, 0) is 0 Å². The van der Waals surface area contributed by atoms with Gasteiger partial charge >= 0.3 is 6.61 Å². The second-order valence-electron chi connectivity index (χ2n) is 5.80.